The molecule has 0 saturated carbocycles. The lowest BCUT2D eigenvalue weighted by Gasteiger charge is -2.12. The second kappa shape index (κ2) is 8.56. The highest BCUT2D eigenvalue weighted by atomic mass is 19.4. The van der Waals surface area contributed by atoms with E-state index in [4.69, 9.17) is 4.52 Å². The number of halogens is 3. The first-order chi connectivity index (χ1) is 14.1. The lowest BCUT2D eigenvalue weighted by atomic mass is 10.0. The van der Waals surface area contributed by atoms with Crippen molar-refractivity contribution in [3.63, 3.8) is 0 Å². The molecule has 0 radical (unpaired) electrons. The van der Waals surface area contributed by atoms with Gasteiger partial charge in [-0.2, -0.15) is 18.2 Å². The van der Waals surface area contributed by atoms with Crippen LogP contribution in [0, 0.1) is 0 Å². The van der Waals surface area contributed by atoms with E-state index in [0.29, 0.717) is 11.6 Å². The van der Waals surface area contributed by atoms with Crippen LogP contribution in [0.2, 0.25) is 0 Å². The average molecular weight is 418 g/mol. The van der Waals surface area contributed by atoms with Gasteiger partial charge < -0.3 is 15.2 Å². The van der Waals surface area contributed by atoms with E-state index in [1.165, 1.54) is 12.1 Å². The summed E-state index contributed by atoms with van der Waals surface area (Å²) in [7, 11) is 0. The number of hydrogen-bond acceptors (Lipinski definition) is 4. The molecule has 2 N–H and O–H groups in total. The molecule has 0 fully saturated rings. The van der Waals surface area contributed by atoms with Gasteiger partial charge in [0.25, 0.3) is 0 Å². The maximum Gasteiger partial charge on any atom is 0.416 e. The zero-order valence-electron chi connectivity index (χ0n) is 16.6. The fourth-order valence-corrected chi connectivity index (χ4v) is 2.74. The van der Waals surface area contributed by atoms with Gasteiger partial charge in [0.15, 0.2) is 0 Å². The molecule has 1 heterocycles. The number of carbonyl (C=O) groups is 1. The van der Waals surface area contributed by atoms with Gasteiger partial charge in [-0.05, 0) is 42.7 Å². The van der Waals surface area contributed by atoms with E-state index in [9.17, 15) is 18.0 Å². The number of urea groups is 1. The number of carbonyl (C=O) groups excluding carboxylic acids is 1. The highest BCUT2D eigenvalue weighted by molar-refractivity contribution is 5.89. The number of rotatable bonds is 5. The van der Waals surface area contributed by atoms with Gasteiger partial charge in [0.1, 0.15) is 6.04 Å². The highest BCUT2D eigenvalue weighted by Crippen LogP contribution is 2.31. The first-order valence-corrected chi connectivity index (χ1v) is 9.32. The maximum absolute atomic E-state index is 12.9. The van der Waals surface area contributed by atoms with Crippen LogP contribution in [-0.2, 0) is 6.18 Å². The zero-order valence-corrected chi connectivity index (χ0v) is 16.6. The molecule has 158 valence electrons. The predicted molar refractivity (Wildman–Crippen MR) is 106 cm³/mol. The summed E-state index contributed by atoms with van der Waals surface area (Å²) in [6, 6.07) is 11.0. The Labute approximate surface area is 171 Å². The van der Waals surface area contributed by atoms with E-state index in [0.717, 1.165) is 17.7 Å². The molecule has 0 aliphatic rings. The molecule has 0 saturated heterocycles. The quantitative estimate of drug-likeness (QED) is 0.552. The molecule has 9 heteroatoms. The van der Waals surface area contributed by atoms with Crippen LogP contribution in [0.5, 0.6) is 0 Å². The first kappa shape index (κ1) is 21.4. The normalized spacial score (nSPS) is 12.6. The summed E-state index contributed by atoms with van der Waals surface area (Å²) >= 11 is 0. The number of aromatic nitrogens is 2. The summed E-state index contributed by atoms with van der Waals surface area (Å²) in [6.07, 6.45) is -4.47. The van der Waals surface area contributed by atoms with Gasteiger partial charge in [-0.15, -0.1) is 0 Å². The number of benzene rings is 2. The molecule has 0 unspecified atom stereocenters. The van der Waals surface area contributed by atoms with Crippen LogP contribution in [0.1, 0.15) is 49.7 Å². The Kier molecular flexibility index (Phi) is 6.09. The molecular weight excluding hydrogens is 397 g/mol. The van der Waals surface area contributed by atoms with Gasteiger partial charge >= 0.3 is 12.2 Å². The van der Waals surface area contributed by atoms with Crippen molar-refractivity contribution in [1.29, 1.82) is 0 Å². The molecule has 3 rings (SSSR count). The van der Waals surface area contributed by atoms with Crippen molar-refractivity contribution in [3.05, 3.63) is 65.5 Å². The smallest absolute Gasteiger partial charge is 0.337 e. The molecule has 6 nitrogen and oxygen atoms in total. The van der Waals surface area contributed by atoms with E-state index >= 15 is 0 Å². The third-order valence-corrected chi connectivity index (χ3v) is 4.44. The zero-order chi connectivity index (χ0) is 21.9. The van der Waals surface area contributed by atoms with E-state index < -0.39 is 23.8 Å². The lowest BCUT2D eigenvalue weighted by Crippen LogP contribution is -2.31. The molecular formula is C21H21F3N4O2. The van der Waals surface area contributed by atoms with Gasteiger partial charge in [0.2, 0.25) is 11.7 Å². The Morgan fingerprint density at radius 1 is 1.07 bits per heavy atom. The van der Waals surface area contributed by atoms with Crippen molar-refractivity contribution in [2.24, 2.45) is 0 Å². The van der Waals surface area contributed by atoms with Crippen LogP contribution in [0.15, 0.2) is 53.1 Å². The second-order valence-electron chi connectivity index (χ2n) is 7.13. The van der Waals surface area contributed by atoms with Crippen LogP contribution >= 0.6 is 0 Å². The summed E-state index contributed by atoms with van der Waals surface area (Å²) in [4.78, 5) is 16.3. The van der Waals surface area contributed by atoms with Crippen molar-refractivity contribution in [3.8, 4) is 11.4 Å². The third kappa shape index (κ3) is 5.16. The van der Waals surface area contributed by atoms with Gasteiger partial charge in [-0.1, -0.05) is 43.3 Å². The van der Waals surface area contributed by atoms with Gasteiger partial charge in [-0.3, -0.25) is 0 Å². The number of nitrogens with one attached hydrogen (secondary N) is 2. The van der Waals surface area contributed by atoms with Crippen LogP contribution in [0.3, 0.4) is 0 Å². The number of nitrogens with zero attached hydrogens (tertiary/aromatic N) is 2. The second-order valence-corrected chi connectivity index (χ2v) is 7.13. The number of hydrogen-bond donors (Lipinski definition) is 2. The summed E-state index contributed by atoms with van der Waals surface area (Å²) in [5, 5.41) is 9.09. The Balaban J connectivity index is 1.65. The fraction of sp³-hybridized carbons (Fsp3) is 0.286. The SMILES string of the molecule is CC(C)c1ccc(NC(=O)N[C@H](C)c2nc(-c3cccc(C(F)(F)F)c3)no2)cc1. The summed E-state index contributed by atoms with van der Waals surface area (Å²) in [5.74, 6) is 0.471. The molecule has 0 bridgehead atoms. The topological polar surface area (TPSA) is 80.0 Å². The van der Waals surface area contributed by atoms with E-state index in [1.54, 1.807) is 19.1 Å². The minimum Gasteiger partial charge on any atom is -0.337 e. The van der Waals surface area contributed by atoms with Crippen molar-refractivity contribution in [2.45, 2.75) is 38.9 Å². The Bertz CT molecular complexity index is 1010. The lowest BCUT2D eigenvalue weighted by molar-refractivity contribution is -0.137. The minimum atomic E-state index is -4.47. The van der Waals surface area contributed by atoms with Crippen LogP contribution in [0.25, 0.3) is 11.4 Å². The van der Waals surface area contributed by atoms with Gasteiger partial charge in [0.05, 0.1) is 5.56 Å². The molecule has 3 aromatic rings. The van der Waals surface area contributed by atoms with E-state index in [2.05, 4.69) is 34.6 Å². The third-order valence-electron chi connectivity index (χ3n) is 4.44. The summed E-state index contributed by atoms with van der Waals surface area (Å²) < 4.78 is 43.8. The molecule has 1 aromatic heterocycles. The molecule has 1 atom stereocenters. The fourth-order valence-electron chi connectivity index (χ4n) is 2.74. The minimum absolute atomic E-state index is 0.00873. The standard InChI is InChI=1S/C21H21F3N4O2/c1-12(2)14-7-9-17(10-8-14)26-20(29)25-13(3)19-27-18(28-30-19)15-5-4-6-16(11-15)21(22,23)24/h4-13H,1-3H3,(H2,25,26,29)/t13-/m1/s1. The summed E-state index contributed by atoms with van der Waals surface area (Å²) in [6.45, 7) is 5.79. The largest absolute Gasteiger partial charge is 0.416 e. The van der Waals surface area contributed by atoms with E-state index in [1.807, 2.05) is 12.1 Å². The van der Waals surface area contributed by atoms with Crippen molar-refractivity contribution in [1.82, 2.24) is 15.5 Å². The average Bonchev–Trinajstić information content (AvgIpc) is 3.18. The molecule has 0 aliphatic carbocycles. The van der Waals surface area contributed by atoms with Gasteiger partial charge in [0, 0.05) is 11.3 Å². The first-order valence-electron chi connectivity index (χ1n) is 9.32. The predicted octanol–water partition coefficient (Wildman–Crippen LogP) is 5.76. The Morgan fingerprint density at radius 3 is 2.40 bits per heavy atom. The monoisotopic (exact) mass is 418 g/mol. The highest BCUT2D eigenvalue weighted by Gasteiger charge is 2.31. The molecule has 2 aromatic carbocycles. The van der Waals surface area contributed by atoms with E-state index in [-0.39, 0.29) is 17.3 Å². The Hall–Kier alpha value is -3.36. The van der Waals surface area contributed by atoms with Crippen molar-refractivity contribution in [2.75, 3.05) is 5.32 Å². The molecule has 2 amide bonds. The van der Waals surface area contributed by atoms with Crippen LogP contribution in [-0.4, -0.2) is 16.2 Å². The van der Waals surface area contributed by atoms with Crippen molar-refractivity contribution < 1.29 is 22.5 Å². The molecule has 0 spiro atoms. The van der Waals surface area contributed by atoms with Crippen LogP contribution < -0.4 is 10.6 Å². The van der Waals surface area contributed by atoms with Crippen molar-refractivity contribution >= 4 is 11.7 Å². The van der Waals surface area contributed by atoms with Gasteiger partial charge in [-0.25, -0.2) is 4.79 Å². The Morgan fingerprint density at radius 2 is 1.77 bits per heavy atom. The number of anilines is 1. The molecule has 30 heavy (non-hydrogen) atoms. The summed E-state index contributed by atoms with van der Waals surface area (Å²) in [5.41, 5.74) is 1.14. The molecule has 0 aliphatic heterocycles. The maximum atomic E-state index is 12.9. The number of alkyl halides is 3. The van der Waals surface area contributed by atoms with Crippen LogP contribution in [0.4, 0.5) is 23.7 Å². The number of amides is 2.